The largest absolute Gasteiger partial charge is 0.412 e. The van der Waals surface area contributed by atoms with E-state index in [1.807, 2.05) is 0 Å². The number of aliphatic hydroxyl groups is 2. The quantitative estimate of drug-likeness (QED) is 0.372. The third-order valence-corrected chi connectivity index (χ3v) is 0. The molecule has 0 aromatic rings. The molecule has 0 heterocycles. The van der Waals surface area contributed by atoms with Gasteiger partial charge in [-0.15, -0.1) is 0 Å². The third-order valence-electron chi connectivity index (χ3n) is 0. The summed E-state index contributed by atoms with van der Waals surface area (Å²) in [7, 11) is 2.00. The van der Waals surface area contributed by atoms with E-state index in [0.717, 1.165) is 14.2 Å². The second kappa shape index (κ2) is 658. The molecule has 0 spiro atoms. The predicted molar refractivity (Wildman–Crippen MR) is 23.5 cm³/mol. The van der Waals surface area contributed by atoms with Crippen molar-refractivity contribution in [3.63, 3.8) is 0 Å². The molecule has 7 heavy (non-hydrogen) atoms. The van der Waals surface area contributed by atoms with Crippen molar-refractivity contribution < 1.29 is 42.9 Å². The van der Waals surface area contributed by atoms with Crippen molar-refractivity contribution in [3.05, 3.63) is 0 Å². The van der Waals surface area contributed by atoms with Crippen molar-refractivity contribution in [3.8, 4) is 0 Å². The van der Waals surface area contributed by atoms with Crippen molar-refractivity contribution in [2.24, 2.45) is 0 Å². The van der Waals surface area contributed by atoms with Crippen molar-refractivity contribution in [1.82, 2.24) is 0 Å². The molecule has 0 rings (SSSR count). The van der Waals surface area contributed by atoms with Gasteiger partial charge in [-0.1, -0.05) is 0 Å². The van der Waals surface area contributed by atoms with Gasteiger partial charge in [0.05, 0.1) is 0 Å². The minimum atomic E-state index is 0. The van der Waals surface area contributed by atoms with Gasteiger partial charge in [-0.2, -0.15) is 0 Å². The van der Waals surface area contributed by atoms with E-state index in [0.29, 0.717) is 0 Å². The zero-order chi connectivity index (χ0) is 4.00. The van der Waals surface area contributed by atoms with Crippen LogP contribution in [-0.2, 0) is 21.7 Å². The van der Waals surface area contributed by atoms with Gasteiger partial charge < -0.3 is 21.2 Å². The first-order valence-corrected chi connectivity index (χ1v) is 0.894. The molecule has 0 saturated heterocycles. The fourth-order valence-corrected chi connectivity index (χ4v) is 0. The topological polar surface area (TPSA) is 103 Å². The first-order chi connectivity index (χ1) is 2.00. The minimum absolute atomic E-state index is 0. The average molecular weight is 148 g/mol. The second-order valence-corrected chi connectivity index (χ2v) is 0. The molecule has 0 saturated carbocycles. The molecular weight excluding hydrogens is 136 g/mol. The molecule has 0 aliphatic heterocycles. The maximum atomic E-state index is 7.00. The number of hydrogen-bond donors (Lipinski definition) is 2. The summed E-state index contributed by atoms with van der Waals surface area (Å²) in [6, 6.07) is 0. The molecule has 0 bridgehead atoms. The maximum absolute atomic E-state index is 7.00. The van der Waals surface area contributed by atoms with E-state index >= 15 is 0 Å². The van der Waals surface area contributed by atoms with Gasteiger partial charge in [0.25, 0.3) is 0 Å². The zero-order valence-electron chi connectivity index (χ0n) is 4.39. The number of aliphatic hydroxyl groups excluding tert-OH is 2. The summed E-state index contributed by atoms with van der Waals surface area (Å²) in [6.07, 6.45) is 0. The monoisotopic (exact) mass is 148 g/mol. The maximum Gasteiger partial charge on any atom is 0.0319 e. The normalized spacial score (nSPS) is 1.71. The molecule has 0 aromatic carbocycles. The molecule has 0 fully saturated rings. The average Bonchev–Trinajstić information content (AvgIpc) is 1.50. The van der Waals surface area contributed by atoms with Crippen LogP contribution in [0.4, 0.5) is 0 Å². The third kappa shape index (κ3) is 442. The Hall–Kier alpha value is 0.554. The van der Waals surface area contributed by atoms with Crippen molar-refractivity contribution in [1.29, 1.82) is 0 Å². The second-order valence-electron chi connectivity index (χ2n) is 0. The van der Waals surface area contributed by atoms with E-state index in [9.17, 15) is 0 Å². The van der Waals surface area contributed by atoms with Gasteiger partial charge in [0.2, 0.25) is 0 Å². The summed E-state index contributed by atoms with van der Waals surface area (Å²) in [6.45, 7) is 0. The molecule has 0 aromatic heterocycles. The van der Waals surface area contributed by atoms with Crippen LogP contribution in [0.15, 0.2) is 0 Å². The first-order valence-electron chi connectivity index (χ1n) is 0.894. The van der Waals surface area contributed by atoms with Gasteiger partial charge in [-0.3, -0.25) is 0 Å². The Labute approximate surface area is 57.7 Å². The molecule has 4 nitrogen and oxygen atoms in total. The van der Waals surface area contributed by atoms with Crippen molar-refractivity contribution in [2.75, 3.05) is 14.2 Å². The minimum Gasteiger partial charge on any atom is -0.412 e. The van der Waals surface area contributed by atoms with Gasteiger partial charge in [0, 0.05) is 35.9 Å². The Morgan fingerprint density at radius 1 is 0.714 bits per heavy atom. The predicted octanol–water partition coefficient (Wildman–Crippen LogP) is -2.43. The molecule has 0 unspecified atom stereocenters. The molecule has 5 heteroatoms. The fourth-order valence-electron chi connectivity index (χ4n) is 0. The van der Waals surface area contributed by atoms with Gasteiger partial charge in [0.1, 0.15) is 0 Å². The van der Waals surface area contributed by atoms with Gasteiger partial charge >= 0.3 is 0 Å². The van der Waals surface area contributed by atoms with Crippen LogP contribution in [0, 0.1) is 0 Å². The van der Waals surface area contributed by atoms with Crippen LogP contribution >= 0.6 is 0 Å². The summed E-state index contributed by atoms with van der Waals surface area (Å²) in [5, 5.41) is 14.0. The molecule has 0 aliphatic rings. The molecule has 0 radical (unpaired) electrons. The zero-order valence-corrected chi connectivity index (χ0v) is 5.96. The van der Waals surface area contributed by atoms with Crippen LogP contribution in [0.1, 0.15) is 0 Å². The van der Waals surface area contributed by atoms with Gasteiger partial charge in [-0.05, 0) is 0 Å². The van der Waals surface area contributed by atoms with E-state index in [2.05, 4.69) is 0 Å². The van der Waals surface area contributed by atoms with Crippen LogP contribution in [0.3, 0.4) is 0 Å². The van der Waals surface area contributed by atoms with Crippen LogP contribution in [0.5, 0.6) is 0 Å². The number of rotatable bonds is 0. The van der Waals surface area contributed by atoms with Crippen LogP contribution < -0.4 is 0 Å². The van der Waals surface area contributed by atoms with Crippen molar-refractivity contribution in [2.45, 2.75) is 0 Å². The van der Waals surface area contributed by atoms with Gasteiger partial charge in [0.15, 0.2) is 0 Å². The molecule has 6 N–H and O–H groups in total. The molecule has 0 atom stereocenters. The van der Waals surface area contributed by atoms with E-state index in [4.69, 9.17) is 10.2 Å². The Morgan fingerprint density at radius 2 is 0.714 bits per heavy atom. The van der Waals surface area contributed by atoms with E-state index < -0.39 is 0 Å². The first kappa shape index (κ1) is 49.7. The Morgan fingerprint density at radius 3 is 0.714 bits per heavy atom. The Bertz CT molecular complexity index is 9.65. The van der Waals surface area contributed by atoms with Crippen molar-refractivity contribution >= 4 is 0 Å². The van der Waals surface area contributed by atoms with Crippen LogP contribution in [0.25, 0.3) is 0 Å². The van der Waals surface area contributed by atoms with E-state index in [-0.39, 0.29) is 32.7 Å². The standard InChI is InChI=1S/2CH4O.2H2O.Ti/c2*1-2;;;/h2*2H,1H3;2*1H2;. The summed E-state index contributed by atoms with van der Waals surface area (Å²) >= 11 is 0. The molecule has 0 amide bonds. The SMILES string of the molecule is CO.CO.O.O.[Ti]. The summed E-state index contributed by atoms with van der Waals surface area (Å²) in [4.78, 5) is 0. The van der Waals surface area contributed by atoms with Crippen LogP contribution in [0.2, 0.25) is 0 Å². The van der Waals surface area contributed by atoms with Crippen LogP contribution in [-0.4, -0.2) is 35.4 Å². The van der Waals surface area contributed by atoms with Gasteiger partial charge in [-0.25, -0.2) is 0 Å². The summed E-state index contributed by atoms with van der Waals surface area (Å²) in [5.41, 5.74) is 0. The Kier molecular flexibility index (Phi) is 4680. The summed E-state index contributed by atoms with van der Waals surface area (Å²) < 4.78 is 0. The van der Waals surface area contributed by atoms with E-state index in [1.54, 1.807) is 0 Å². The summed E-state index contributed by atoms with van der Waals surface area (Å²) in [5.74, 6) is 0. The fraction of sp³-hybridized carbons (Fsp3) is 1.00. The molecule has 48 valence electrons. The smallest absolute Gasteiger partial charge is 0.0319 e. The Balaban J connectivity index is -0.00000000267. The van der Waals surface area contributed by atoms with E-state index in [1.165, 1.54) is 0 Å². The molecular formula is C2H12O4Ti. The number of hydrogen-bond acceptors (Lipinski definition) is 2. The molecule has 0 aliphatic carbocycles.